The maximum Gasteiger partial charge on any atom is 0.257 e. The van der Waals surface area contributed by atoms with Gasteiger partial charge in [-0.1, -0.05) is 43.5 Å². The predicted octanol–water partition coefficient (Wildman–Crippen LogP) is 4.63. The van der Waals surface area contributed by atoms with Gasteiger partial charge in [-0.3, -0.25) is 15.0 Å². The minimum absolute atomic E-state index is 0.101. The summed E-state index contributed by atoms with van der Waals surface area (Å²) in [6, 6.07) is 16.5. The highest BCUT2D eigenvalue weighted by Gasteiger charge is 2.23. The van der Waals surface area contributed by atoms with Gasteiger partial charge in [0.15, 0.2) is 0 Å². The number of carbonyl (C=O) groups is 1. The van der Waals surface area contributed by atoms with E-state index >= 15 is 0 Å². The average Bonchev–Trinajstić information content (AvgIpc) is 3.18. The van der Waals surface area contributed by atoms with Crippen molar-refractivity contribution in [2.24, 2.45) is 0 Å². The number of morpholine rings is 1. The standard InChI is InChI=1S/C25H30N4O2/c30-24(20-8-6-7-19(17-20)18-28-13-15-31-16-14-28)27-25-26-22-11-4-5-12-23(22)29(25)21-9-2-1-3-10-21/h4-8,11-12,17,21H,1-3,9-10,13-16,18H2,(H,26,27,30). The molecule has 2 heterocycles. The van der Waals surface area contributed by atoms with Crippen LogP contribution in [0.25, 0.3) is 11.0 Å². The number of para-hydroxylation sites is 2. The predicted molar refractivity (Wildman–Crippen MR) is 122 cm³/mol. The topological polar surface area (TPSA) is 59.4 Å². The van der Waals surface area contributed by atoms with E-state index in [1.54, 1.807) is 0 Å². The highest BCUT2D eigenvalue weighted by atomic mass is 16.5. The zero-order chi connectivity index (χ0) is 21.0. The molecule has 2 aliphatic rings. The Hall–Kier alpha value is -2.70. The Morgan fingerprint density at radius 3 is 2.68 bits per heavy atom. The molecule has 6 nitrogen and oxygen atoms in total. The van der Waals surface area contributed by atoms with Crippen LogP contribution in [0.2, 0.25) is 0 Å². The summed E-state index contributed by atoms with van der Waals surface area (Å²) in [6.07, 6.45) is 6.03. The summed E-state index contributed by atoms with van der Waals surface area (Å²) in [4.78, 5) is 20.3. The van der Waals surface area contributed by atoms with E-state index in [2.05, 4.69) is 26.9 Å². The largest absolute Gasteiger partial charge is 0.379 e. The molecular weight excluding hydrogens is 388 g/mol. The number of hydrogen-bond acceptors (Lipinski definition) is 4. The number of fused-ring (bicyclic) bond motifs is 1. The van der Waals surface area contributed by atoms with Gasteiger partial charge < -0.3 is 9.30 Å². The Labute approximate surface area is 183 Å². The molecule has 1 aliphatic heterocycles. The summed E-state index contributed by atoms with van der Waals surface area (Å²) in [5, 5.41) is 3.12. The Kier molecular flexibility index (Phi) is 6.00. The van der Waals surface area contributed by atoms with Crippen LogP contribution in [-0.2, 0) is 11.3 Å². The molecule has 0 spiro atoms. The second-order valence-corrected chi connectivity index (χ2v) is 8.63. The van der Waals surface area contributed by atoms with Crippen LogP contribution in [0.15, 0.2) is 48.5 Å². The monoisotopic (exact) mass is 418 g/mol. The number of anilines is 1. The maximum absolute atomic E-state index is 13.2. The van der Waals surface area contributed by atoms with E-state index in [0.29, 0.717) is 17.6 Å². The molecule has 1 amide bonds. The van der Waals surface area contributed by atoms with Crippen LogP contribution in [0.5, 0.6) is 0 Å². The molecule has 3 aromatic rings. The first-order valence-corrected chi connectivity index (χ1v) is 11.5. The van der Waals surface area contributed by atoms with Crippen LogP contribution in [-0.4, -0.2) is 46.7 Å². The van der Waals surface area contributed by atoms with E-state index < -0.39 is 0 Å². The fourth-order valence-electron chi connectivity index (χ4n) is 4.84. The van der Waals surface area contributed by atoms with Gasteiger partial charge in [0.1, 0.15) is 0 Å². The summed E-state index contributed by atoms with van der Waals surface area (Å²) in [7, 11) is 0. The van der Waals surface area contributed by atoms with Gasteiger partial charge in [-0.2, -0.15) is 0 Å². The maximum atomic E-state index is 13.2. The molecule has 1 aromatic heterocycles. The number of rotatable bonds is 5. The second-order valence-electron chi connectivity index (χ2n) is 8.63. The summed E-state index contributed by atoms with van der Waals surface area (Å²) < 4.78 is 7.69. The van der Waals surface area contributed by atoms with Crippen LogP contribution < -0.4 is 5.32 Å². The first-order chi connectivity index (χ1) is 15.3. The average molecular weight is 419 g/mol. The lowest BCUT2D eigenvalue weighted by molar-refractivity contribution is 0.0342. The molecule has 162 valence electrons. The van der Waals surface area contributed by atoms with Crippen LogP contribution in [0.1, 0.15) is 54.1 Å². The Morgan fingerprint density at radius 1 is 1.03 bits per heavy atom. The van der Waals surface area contributed by atoms with Crippen molar-refractivity contribution in [3.8, 4) is 0 Å². The number of benzene rings is 2. The molecule has 31 heavy (non-hydrogen) atoms. The minimum Gasteiger partial charge on any atom is -0.379 e. The molecule has 2 fully saturated rings. The molecule has 1 saturated heterocycles. The van der Waals surface area contributed by atoms with Crippen LogP contribution in [0.3, 0.4) is 0 Å². The third kappa shape index (κ3) is 4.50. The smallest absolute Gasteiger partial charge is 0.257 e. The third-order valence-corrected chi connectivity index (χ3v) is 6.46. The normalized spacial score (nSPS) is 18.3. The number of nitrogens with zero attached hydrogens (tertiary/aromatic N) is 3. The van der Waals surface area contributed by atoms with Crippen LogP contribution in [0, 0.1) is 0 Å². The fraction of sp³-hybridized carbons (Fsp3) is 0.440. The zero-order valence-corrected chi connectivity index (χ0v) is 17.9. The van der Waals surface area contributed by atoms with Gasteiger partial charge in [0.25, 0.3) is 5.91 Å². The molecule has 1 aliphatic carbocycles. The Bertz CT molecular complexity index is 1050. The SMILES string of the molecule is O=C(Nc1nc2ccccc2n1C1CCCCC1)c1cccc(CN2CCOCC2)c1. The zero-order valence-electron chi connectivity index (χ0n) is 17.9. The van der Waals surface area contributed by atoms with Gasteiger partial charge in [-0.15, -0.1) is 0 Å². The van der Waals surface area contributed by atoms with Gasteiger partial charge in [0.2, 0.25) is 5.95 Å². The van der Waals surface area contributed by atoms with E-state index in [1.165, 1.54) is 19.3 Å². The Morgan fingerprint density at radius 2 is 1.84 bits per heavy atom. The Balaban J connectivity index is 1.38. The van der Waals surface area contributed by atoms with Crippen molar-refractivity contribution in [2.45, 2.75) is 44.7 Å². The van der Waals surface area contributed by atoms with Crippen LogP contribution >= 0.6 is 0 Å². The molecule has 1 N–H and O–H groups in total. The van der Waals surface area contributed by atoms with E-state index in [0.717, 1.165) is 62.3 Å². The van der Waals surface area contributed by atoms with Gasteiger partial charge in [0.05, 0.1) is 24.2 Å². The summed E-state index contributed by atoms with van der Waals surface area (Å²) in [5.41, 5.74) is 3.86. The number of imidazole rings is 1. The van der Waals surface area contributed by atoms with E-state index in [9.17, 15) is 4.79 Å². The highest BCUT2D eigenvalue weighted by Crippen LogP contribution is 2.34. The molecule has 0 bridgehead atoms. The van der Waals surface area contributed by atoms with E-state index in [1.807, 2.05) is 36.4 Å². The highest BCUT2D eigenvalue weighted by molar-refractivity contribution is 6.04. The third-order valence-electron chi connectivity index (χ3n) is 6.46. The van der Waals surface area contributed by atoms with Crippen molar-refractivity contribution in [3.05, 3.63) is 59.7 Å². The quantitative estimate of drug-likeness (QED) is 0.657. The summed E-state index contributed by atoms with van der Waals surface area (Å²) in [6.45, 7) is 4.25. The summed E-state index contributed by atoms with van der Waals surface area (Å²) >= 11 is 0. The molecule has 5 rings (SSSR count). The molecule has 2 aromatic carbocycles. The van der Waals surface area contributed by atoms with Crippen molar-refractivity contribution < 1.29 is 9.53 Å². The lowest BCUT2D eigenvalue weighted by atomic mass is 9.95. The first-order valence-electron chi connectivity index (χ1n) is 11.5. The van der Waals surface area contributed by atoms with Gasteiger partial charge >= 0.3 is 0 Å². The van der Waals surface area contributed by atoms with Gasteiger partial charge in [-0.05, 0) is 42.7 Å². The number of nitrogens with one attached hydrogen (secondary N) is 1. The fourth-order valence-corrected chi connectivity index (χ4v) is 4.84. The minimum atomic E-state index is -0.101. The molecule has 0 radical (unpaired) electrons. The van der Waals surface area contributed by atoms with Gasteiger partial charge in [-0.25, -0.2) is 4.98 Å². The molecular formula is C25H30N4O2. The molecule has 0 atom stereocenters. The van der Waals surface area contributed by atoms with Crippen molar-refractivity contribution >= 4 is 22.9 Å². The number of carbonyl (C=O) groups excluding carboxylic acids is 1. The lowest BCUT2D eigenvalue weighted by Crippen LogP contribution is -2.35. The number of aromatic nitrogens is 2. The van der Waals surface area contributed by atoms with E-state index in [-0.39, 0.29) is 5.91 Å². The number of ether oxygens (including phenoxy) is 1. The van der Waals surface area contributed by atoms with Crippen molar-refractivity contribution in [1.82, 2.24) is 14.5 Å². The summed E-state index contributed by atoms with van der Waals surface area (Å²) in [5.74, 6) is 0.563. The van der Waals surface area contributed by atoms with Crippen molar-refractivity contribution in [1.29, 1.82) is 0 Å². The molecule has 1 saturated carbocycles. The number of hydrogen-bond donors (Lipinski definition) is 1. The van der Waals surface area contributed by atoms with Crippen molar-refractivity contribution in [3.63, 3.8) is 0 Å². The second kappa shape index (κ2) is 9.20. The molecule has 6 heteroatoms. The lowest BCUT2D eigenvalue weighted by Gasteiger charge is -2.26. The van der Waals surface area contributed by atoms with Crippen molar-refractivity contribution in [2.75, 3.05) is 31.6 Å². The first kappa shape index (κ1) is 20.2. The van der Waals surface area contributed by atoms with Gasteiger partial charge in [0, 0.05) is 31.2 Å². The number of amides is 1. The molecule has 0 unspecified atom stereocenters. The van der Waals surface area contributed by atoms with Crippen LogP contribution in [0.4, 0.5) is 5.95 Å². The van der Waals surface area contributed by atoms with E-state index in [4.69, 9.17) is 9.72 Å².